The second-order valence-electron chi connectivity index (χ2n) is 2.44. The fourth-order valence-corrected chi connectivity index (χ4v) is 1.05. The molecule has 0 aliphatic heterocycles. The average molecular weight is 178 g/mol. The standard InChI is InChI=1S/C6H14N2O2S/c1-11-4-2-3-6(7,8)5(9)10/h2-4,7-8H2,1H3,(H,9,10). The third-order valence-electron chi connectivity index (χ3n) is 1.34. The molecule has 0 bridgehead atoms. The first kappa shape index (κ1) is 10.7. The van der Waals surface area contributed by atoms with Gasteiger partial charge in [-0.2, -0.15) is 11.8 Å². The summed E-state index contributed by atoms with van der Waals surface area (Å²) in [6, 6.07) is 0. The number of carboxylic acids is 1. The van der Waals surface area contributed by atoms with Crippen molar-refractivity contribution in [2.45, 2.75) is 18.5 Å². The summed E-state index contributed by atoms with van der Waals surface area (Å²) in [4.78, 5) is 10.4. The molecule has 11 heavy (non-hydrogen) atoms. The molecule has 0 heterocycles. The summed E-state index contributed by atoms with van der Waals surface area (Å²) in [5.74, 6) is -0.248. The third kappa shape index (κ3) is 4.23. The van der Waals surface area contributed by atoms with Gasteiger partial charge in [-0.1, -0.05) is 0 Å². The largest absolute Gasteiger partial charge is 0.479 e. The van der Waals surface area contributed by atoms with E-state index in [1.807, 2.05) is 6.26 Å². The van der Waals surface area contributed by atoms with Gasteiger partial charge in [0.05, 0.1) is 0 Å². The molecule has 0 radical (unpaired) electrons. The highest BCUT2D eigenvalue weighted by atomic mass is 32.2. The SMILES string of the molecule is CSCCCC(N)(N)C(=O)O. The molecule has 0 aliphatic carbocycles. The predicted molar refractivity (Wildman–Crippen MR) is 46.4 cm³/mol. The van der Waals surface area contributed by atoms with Crippen LogP contribution in [0.2, 0.25) is 0 Å². The quantitative estimate of drug-likeness (QED) is 0.401. The van der Waals surface area contributed by atoms with E-state index in [-0.39, 0.29) is 0 Å². The van der Waals surface area contributed by atoms with Crippen LogP contribution in [-0.2, 0) is 4.79 Å². The lowest BCUT2D eigenvalue weighted by Crippen LogP contribution is -2.56. The number of aliphatic carboxylic acids is 1. The van der Waals surface area contributed by atoms with Gasteiger partial charge in [0.25, 0.3) is 0 Å². The van der Waals surface area contributed by atoms with E-state index in [0.717, 1.165) is 12.2 Å². The van der Waals surface area contributed by atoms with Crippen molar-refractivity contribution in [1.29, 1.82) is 0 Å². The van der Waals surface area contributed by atoms with E-state index < -0.39 is 11.6 Å². The van der Waals surface area contributed by atoms with Crippen LogP contribution in [0.25, 0.3) is 0 Å². The van der Waals surface area contributed by atoms with E-state index in [1.165, 1.54) is 0 Å². The summed E-state index contributed by atoms with van der Waals surface area (Å²) >= 11 is 1.65. The number of hydrogen-bond donors (Lipinski definition) is 3. The molecular formula is C6H14N2O2S. The van der Waals surface area contributed by atoms with Gasteiger partial charge < -0.3 is 16.6 Å². The van der Waals surface area contributed by atoms with Crippen LogP contribution in [0, 0.1) is 0 Å². The Morgan fingerprint density at radius 3 is 2.55 bits per heavy atom. The lowest BCUT2D eigenvalue weighted by Gasteiger charge is -2.17. The van der Waals surface area contributed by atoms with Gasteiger partial charge >= 0.3 is 5.97 Å². The van der Waals surface area contributed by atoms with E-state index in [1.54, 1.807) is 11.8 Å². The maximum absolute atomic E-state index is 10.4. The Hall–Kier alpha value is -0.260. The Morgan fingerprint density at radius 2 is 2.18 bits per heavy atom. The molecule has 0 saturated carbocycles. The molecule has 0 spiro atoms. The lowest BCUT2D eigenvalue weighted by molar-refractivity contribution is -0.143. The van der Waals surface area contributed by atoms with Crippen molar-refractivity contribution in [2.24, 2.45) is 11.5 Å². The van der Waals surface area contributed by atoms with Gasteiger partial charge in [-0.05, 0) is 24.9 Å². The molecule has 5 heteroatoms. The first-order chi connectivity index (χ1) is 5.00. The molecular weight excluding hydrogens is 164 g/mol. The van der Waals surface area contributed by atoms with Crippen LogP contribution >= 0.6 is 11.8 Å². The second-order valence-corrected chi connectivity index (χ2v) is 3.43. The third-order valence-corrected chi connectivity index (χ3v) is 2.03. The first-order valence-electron chi connectivity index (χ1n) is 3.31. The smallest absolute Gasteiger partial charge is 0.338 e. The fraction of sp³-hybridized carbons (Fsp3) is 0.833. The van der Waals surface area contributed by atoms with Crippen molar-refractivity contribution in [3.8, 4) is 0 Å². The van der Waals surface area contributed by atoms with Crippen molar-refractivity contribution in [3.63, 3.8) is 0 Å². The molecule has 0 aliphatic rings. The lowest BCUT2D eigenvalue weighted by atomic mass is 10.1. The van der Waals surface area contributed by atoms with Gasteiger partial charge in [0.2, 0.25) is 0 Å². The van der Waals surface area contributed by atoms with E-state index in [0.29, 0.717) is 6.42 Å². The van der Waals surface area contributed by atoms with E-state index >= 15 is 0 Å². The van der Waals surface area contributed by atoms with Gasteiger partial charge in [-0.25, -0.2) is 4.79 Å². The molecule has 0 unspecified atom stereocenters. The summed E-state index contributed by atoms with van der Waals surface area (Å²) in [5.41, 5.74) is 8.99. The molecule has 66 valence electrons. The maximum atomic E-state index is 10.4. The number of thioether (sulfide) groups is 1. The van der Waals surface area contributed by atoms with Gasteiger partial charge in [0, 0.05) is 0 Å². The van der Waals surface area contributed by atoms with Crippen molar-refractivity contribution in [2.75, 3.05) is 12.0 Å². The molecule has 0 atom stereocenters. The molecule has 0 aromatic rings. The Labute approximate surface area is 70.3 Å². The zero-order valence-corrected chi connectivity index (χ0v) is 7.36. The Balaban J connectivity index is 3.64. The summed E-state index contributed by atoms with van der Waals surface area (Å²) in [6.07, 6.45) is 3.01. The van der Waals surface area contributed by atoms with Gasteiger partial charge in [-0.3, -0.25) is 0 Å². The van der Waals surface area contributed by atoms with Crippen LogP contribution in [0.3, 0.4) is 0 Å². The number of nitrogens with two attached hydrogens (primary N) is 2. The number of hydrogen-bond acceptors (Lipinski definition) is 4. The van der Waals surface area contributed by atoms with Gasteiger partial charge in [0.15, 0.2) is 5.66 Å². The van der Waals surface area contributed by atoms with Gasteiger partial charge in [-0.15, -0.1) is 0 Å². The van der Waals surface area contributed by atoms with E-state index in [2.05, 4.69) is 0 Å². The highest BCUT2D eigenvalue weighted by Gasteiger charge is 2.27. The minimum atomic E-state index is -1.55. The second kappa shape index (κ2) is 4.58. The zero-order chi connectivity index (χ0) is 8.91. The normalized spacial score (nSPS) is 11.5. The Bertz CT molecular complexity index is 139. The molecule has 0 aromatic heterocycles. The molecule has 0 fully saturated rings. The Kier molecular flexibility index (Phi) is 4.48. The number of carbonyl (C=O) groups is 1. The van der Waals surface area contributed by atoms with Crippen molar-refractivity contribution >= 4 is 17.7 Å². The Morgan fingerprint density at radius 1 is 1.64 bits per heavy atom. The molecule has 0 aromatic carbocycles. The molecule has 0 rings (SSSR count). The molecule has 0 saturated heterocycles. The van der Waals surface area contributed by atoms with Crippen LogP contribution < -0.4 is 11.5 Å². The van der Waals surface area contributed by atoms with E-state index in [4.69, 9.17) is 16.6 Å². The minimum absolute atomic E-state index is 0.323. The topological polar surface area (TPSA) is 89.3 Å². The van der Waals surface area contributed by atoms with Crippen LogP contribution in [0.5, 0.6) is 0 Å². The summed E-state index contributed by atoms with van der Waals surface area (Å²) in [6.45, 7) is 0. The van der Waals surface area contributed by atoms with Crippen molar-refractivity contribution in [1.82, 2.24) is 0 Å². The van der Waals surface area contributed by atoms with Crippen molar-refractivity contribution < 1.29 is 9.90 Å². The molecule has 4 nitrogen and oxygen atoms in total. The van der Waals surface area contributed by atoms with E-state index in [9.17, 15) is 4.79 Å². The average Bonchev–Trinajstić information content (AvgIpc) is 1.88. The highest BCUT2D eigenvalue weighted by molar-refractivity contribution is 7.98. The predicted octanol–water partition coefficient (Wildman–Crippen LogP) is -0.172. The molecule has 0 amide bonds. The fourth-order valence-electron chi connectivity index (χ4n) is 0.616. The summed E-state index contributed by atoms with van der Waals surface area (Å²) in [7, 11) is 0. The van der Waals surface area contributed by atoms with Crippen LogP contribution in [-0.4, -0.2) is 28.7 Å². The summed E-state index contributed by atoms with van der Waals surface area (Å²) < 4.78 is 0. The first-order valence-corrected chi connectivity index (χ1v) is 4.70. The zero-order valence-electron chi connectivity index (χ0n) is 6.54. The van der Waals surface area contributed by atoms with Gasteiger partial charge in [0.1, 0.15) is 0 Å². The van der Waals surface area contributed by atoms with Crippen molar-refractivity contribution in [3.05, 3.63) is 0 Å². The maximum Gasteiger partial charge on any atom is 0.338 e. The van der Waals surface area contributed by atoms with Crippen LogP contribution in [0.1, 0.15) is 12.8 Å². The number of carboxylic acid groups (broad SMARTS) is 1. The number of rotatable bonds is 5. The van der Waals surface area contributed by atoms with Crippen LogP contribution in [0.15, 0.2) is 0 Å². The van der Waals surface area contributed by atoms with Crippen LogP contribution in [0.4, 0.5) is 0 Å². The minimum Gasteiger partial charge on any atom is -0.479 e. The monoisotopic (exact) mass is 178 g/mol. The highest BCUT2D eigenvalue weighted by Crippen LogP contribution is 2.06. The summed E-state index contributed by atoms with van der Waals surface area (Å²) in [5, 5.41) is 8.48. The molecule has 5 N–H and O–H groups in total.